The number of rotatable bonds is 4. The van der Waals surface area contributed by atoms with Crippen LogP contribution >= 0.6 is 0 Å². The first-order chi connectivity index (χ1) is 12.1. The molecule has 0 saturated carbocycles. The lowest BCUT2D eigenvalue weighted by molar-refractivity contribution is 0.447. The third kappa shape index (κ3) is 3.25. The largest absolute Gasteiger partial charge is 0.423 e. The number of sulfone groups is 2. The monoisotopic (exact) mass is 399 g/mol. The molecule has 0 N–H and O–H groups in total. The van der Waals surface area contributed by atoms with Gasteiger partial charge in [-0.1, -0.05) is 18.2 Å². The molecule has 0 aliphatic heterocycles. The second-order valence-corrected chi connectivity index (χ2v) is 9.11. The van der Waals surface area contributed by atoms with Gasteiger partial charge in [-0.15, -0.1) is 0 Å². The van der Waals surface area contributed by atoms with E-state index in [4.69, 9.17) is 4.42 Å². The van der Waals surface area contributed by atoms with Crippen LogP contribution in [0.3, 0.4) is 0 Å². The van der Waals surface area contributed by atoms with E-state index in [0.717, 1.165) is 12.3 Å². The standard InChI is InChI=1S/C16H11F2NO5S2/c1-25(20,21)16-15(19-14(24-16)10-5-3-2-4-6-10)26(22,23)11-7-8-12(17)13(18)9-11/h2-9H,1H3. The highest BCUT2D eigenvalue weighted by atomic mass is 32.2. The predicted octanol–water partition coefficient (Wildman–Crippen LogP) is 2.86. The fraction of sp³-hybridized carbons (Fsp3) is 0.0625. The van der Waals surface area contributed by atoms with Crippen molar-refractivity contribution in [3.63, 3.8) is 0 Å². The van der Waals surface area contributed by atoms with Crippen molar-refractivity contribution < 1.29 is 30.0 Å². The summed E-state index contributed by atoms with van der Waals surface area (Å²) in [6.07, 6.45) is 0.756. The molecule has 26 heavy (non-hydrogen) atoms. The van der Waals surface area contributed by atoms with Gasteiger partial charge in [0, 0.05) is 11.8 Å². The van der Waals surface area contributed by atoms with Crippen molar-refractivity contribution >= 4 is 19.7 Å². The zero-order valence-corrected chi connectivity index (χ0v) is 14.8. The fourth-order valence-corrected chi connectivity index (χ4v) is 4.73. The van der Waals surface area contributed by atoms with E-state index in [1.54, 1.807) is 30.3 Å². The Morgan fingerprint density at radius 1 is 0.923 bits per heavy atom. The second-order valence-electron chi connectivity index (χ2n) is 5.33. The van der Waals surface area contributed by atoms with E-state index >= 15 is 0 Å². The number of halogens is 2. The number of benzene rings is 2. The Morgan fingerprint density at radius 3 is 2.15 bits per heavy atom. The average Bonchev–Trinajstić information content (AvgIpc) is 3.04. The molecule has 0 aliphatic rings. The summed E-state index contributed by atoms with van der Waals surface area (Å²) in [5.74, 6) is -2.86. The third-order valence-electron chi connectivity index (χ3n) is 3.38. The minimum atomic E-state index is -4.57. The molecule has 0 saturated heterocycles. The Hall–Kier alpha value is -2.59. The van der Waals surface area contributed by atoms with Gasteiger partial charge in [0.05, 0.1) is 4.90 Å². The van der Waals surface area contributed by atoms with Crippen molar-refractivity contribution in [2.75, 3.05) is 6.26 Å². The molecule has 3 aromatic rings. The summed E-state index contributed by atoms with van der Waals surface area (Å²) in [5, 5.41) is -1.76. The molecule has 0 spiro atoms. The topological polar surface area (TPSA) is 94.3 Å². The van der Waals surface area contributed by atoms with E-state index in [9.17, 15) is 25.6 Å². The summed E-state index contributed by atoms with van der Waals surface area (Å²) in [6.45, 7) is 0. The normalized spacial score (nSPS) is 12.3. The van der Waals surface area contributed by atoms with Crippen molar-refractivity contribution in [3.05, 3.63) is 60.2 Å². The van der Waals surface area contributed by atoms with Crippen LogP contribution in [0.5, 0.6) is 0 Å². The number of hydrogen-bond acceptors (Lipinski definition) is 6. The molecule has 1 heterocycles. The molecule has 136 valence electrons. The van der Waals surface area contributed by atoms with Gasteiger partial charge >= 0.3 is 0 Å². The first-order valence-electron chi connectivity index (χ1n) is 7.07. The van der Waals surface area contributed by atoms with Crippen LogP contribution in [0.4, 0.5) is 8.78 Å². The quantitative estimate of drug-likeness (QED) is 0.626. The molecule has 6 nitrogen and oxygen atoms in total. The third-order valence-corrected chi connectivity index (χ3v) is 6.12. The highest BCUT2D eigenvalue weighted by Crippen LogP contribution is 2.32. The van der Waals surface area contributed by atoms with Crippen molar-refractivity contribution in [1.29, 1.82) is 0 Å². The Labute approximate surface area is 148 Å². The van der Waals surface area contributed by atoms with Crippen molar-refractivity contribution in [2.24, 2.45) is 0 Å². The molecule has 2 aromatic carbocycles. The molecule has 3 rings (SSSR count). The fourth-order valence-electron chi connectivity index (χ4n) is 2.16. The van der Waals surface area contributed by atoms with Crippen LogP contribution in [0.15, 0.2) is 68.0 Å². The van der Waals surface area contributed by atoms with Crippen LogP contribution in [-0.4, -0.2) is 28.1 Å². The minimum absolute atomic E-state index is 0.229. The van der Waals surface area contributed by atoms with E-state index < -0.39 is 46.3 Å². The van der Waals surface area contributed by atoms with Gasteiger partial charge in [-0.2, -0.15) is 4.98 Å². The predicted molar refractivity (Wildman–Crippen MR) is 86.9 cm³/mol. The number of oxazole rings is 1. The number of aromatic nitrogens is 1. The molecule has 1 aromatic heterocycles. The molecular weight excluding hydrogens is 388 g/mol. The zero-order valence-electron chi connectivity index (χ0n) is 13.2. The van der Waals surface area contributed by atoms with Gasteiger partial charge in [-0.3, -0.25) is 0 Å². The Kier molecular flexibility index (Phi) is 4.41. The zero-order chi connectivity index (χ0) is 19.1. The van der Waals surface area contributed by atoms with E-state index in [1.807, 2.05) is 0 Å². The summed E-state index contributed by atoms with van der Waals surface area (Å²) in [5.41, 5.74) is 0.351. The summed E-state index contributed by atoms with van der Waals surface area (Å²) in [6, 6.07) is 9.94. The molecular formula is C16H11F2NO5S2. The number of nitrogens with zero attached hydrogens (tertiary/aromatic N) is 1. The SMILES string of the molecule is CS(=O)(=O)c1oc(-c2ccccc2)nc1S(=O)(=O)c1ccc(F)c(F)c1. The average molecular weight is 399 g/mol. The maximum atomic E-state index is 13.4. The van der Waals surface area contributed by atoms with Crippen molar-refractivity contribution in [3.8, 4) is 11.5 Å². The molecule has 10 heteroatoms. The molecule has 0 unspecified atom stereocenters. The smallest absolute Gasteiger partial charge is 0.258 e. The molecule has 0 radical (unpaired) electrons. The highest BCUT2D eigenvalue weighted by molar-refractivity contribution is 7.94. The van der Waals surface area contributed by atoms with Crippen LogP contribution in [0, 0.1) is 11.6 Å². The molecule has 0 atom stereocenters. The Balaban J connectivity index is 2.26. The second kappa shape index (κ2) is 6.29. The van der Waals surface area contributed by atoms with Gasteiger partial charge in [-0.25, -0.2) is 25.6 Å². The minimum Gasteiger partial charge on any atom is -0.423 e. The van der Waals surface area contributed by atoms with Gasteiger partial charge in [0.2, 0.25) is 30.6 Å². The summed E-state index contributed by atoms with van der Waals surface area (Å²) >= 11 is 0. The van der Waals surface area contributed by atoms with E-state index in [1.165, 1.54) is 0 Å². The lowest BCUT2D eigenvalue weighted by Crippen LogP contribution is -2.09. The first-order valence-corrected chi connectivity index (χ1v) is 10.4. The van der Waals surface area contributed by atoms with Crippen LogP contribution in [-0.2, 0) is 19.7 Å². The molecule has 0 bridgehead atoms. The van der Waals surface area contributed by atoms with E-state index in [2.05, 4.69) is 4.98 Å². The molecule has 0 fully saturated rings. The maximum absolute atomic E-state index is 13.4. The van der Waals surface area contributed by atoms with Crippen LogP contribution in [0.1, 0.15) is 0 Å². The maximum Gasteiger partial charge on any atom is 0.258 e. The lowest BCUT2D eigenvalue weighted by atomic mass is 10.2. The molecule has 0 amide bonds. The summed E-state index contributed by atoms with van der Waals surface area (Å²) < 4.78 is 81.1. The van der Waals surface area contributed by atoms with Crippen molar-refractivity contribution in [2.45, 2.75) is 15.0 Å². The van der Waals surface area contributed by atoms with Gasteiger partial charge in [0.15, 0.2) is 11.6 Å². The summed E-state index contributed by atoms with van der Waals surface area (Å²) in [7, 11) is -8.68. The Morgan fingerprint density at radius 2 is 1.58 bits per heavy atom. The molecule has 0 aliphatic carbocycles. The lowest BCUT2D eigenvalue weighted by Gasteiger charge is -2.03. The van der Waals surface area contributed by atoms with Gasteiger partial charge in [0.25, 0.3) is 5.09 Å². The first kappa shape index (κ1) is 18.2. The Bertz CT molecular complexity index is 1190. The summed E-state index contributed by atoms with van der Waals surface area (Å²) in [4.78, 5) is 3.15. The van der Waals surface area contributed by atoms with Crippen LogP contribution in [0.25, 0.3) is 11.5 Å². The van der Waals surface area contributed by atoms with Gasteiger partial charge in [0.1, 0.15) is 0 Å². The van der Waals surface area contributed by atoms with E-state index in [-0.39, 0.29) is 5.89 Å². The van der Waals surface area contributed by atoms with Gasteiger partial charge in [-0.05, 0) is 30.3 Å². The van der Waals surface area contributed by atoms with Gasteiger partial charge < -0.3 is 4.42 Å². The van der Waals surface area contributed by atoms with E-state index in [0.29, 0.717) is 17.7 Å². The highest BCUT2D eigenvalue weighted by Gasteiger charge is 2.33. The number of hydrogen-bond donors (Lipinski definition) is 0. The van der Waals surface area contributed by atoms with Crippen LogP contribution < -0.4 is 0 Å². The van der Waals surface area contributed by atoms with Crippen LogP contribution in [0.2, 0.25) is 0 Å². The van der Waals surface area contributed by atoms with Crippen molar-refractivity contribution in [1.82, 2.24) is 4.98 Å².